The molecule has 0 radical (unpaired) electrons. The van der Waals surface area contributed by atoms with E-state index in [9.17, 15) is 4.79 Å². The van der Waals surface area contributed by atoms with Crippen LogP contribution in [0.1, 0.15) is 16.1 Å². The molecule has 25 heavy (non-hydrogen) atoms. The summed E-state index contributed by atoms with van der Waals surface area (Å²) in [4.78, 5) is 16.4. The fourth-order valence-corrected chi connectivity index (χ4v) is 2.32. The second kappa shape index (κ2) is 7.47. The highest BCUT2D eigenvalue weighted by molar-refractivity contribution is 6.30. The Bertz CT molecular complexity index is 948. The Balaban J connectivity index is 1.75. The van der Waals surface area contributed by atoms with Crippen molar-refractivity contribution in [3.63, 3.8) is 0 Å². The summed E-state index contributed by atoms with van der Waals surface area (Å²) in [5.41, 5.74) is 2.92. The first-order chi connectivity index (χ1) is 12.1. The normalized spacial score (nSPS) is 9.92. The molecule has 1 aromatic heterocycles. The standard InChI is InChI=1S/C19H13ClN4O/c20-14-4-6-15(7-5-14)24-19(25)18-11-17(8-9-22-18)23-16-3-1-2-13(10-16)12-21/h1-11H,(H,22,23)(H,24,25). The molecule has 1 amide bonds. The number of nitriles is 1. The molecule has 2 N–H and O–H groups in total. The number of amides is 1. The number of rotatable bonds is 4. The third-order valence-corrected chi connectivity index (χ3v) is 3.63. The smallest absolute Gasteiger partial charge is 0.274 e. The van der Waals surface area contributed by atoms with Crippen LogP contribution < -0.4 is 10.6 Å². The predicted octanol–water partition coefficient (Wildman–Crippen LogP) is 4.60. The predicted molar refractivity (Wildman–Crippen MR) is 98.1 cm³/mol. The van der Waals surface area contributed by atoms with Gasteiger partial charge in [0.15, 0.2) is 0 Å². The summed E-state index contributed by atoms with van der Waals surface area (Å²) in [5, 5.41) is 15.5. The topological polar surface area (TPSA) is 77.8 Å². The van der Waals surface area contributed by atoms with Crippen molar-refractivity contribution < 1.29 is 4.79 Å². The second-order valence-electron chi connectivity index (χ2n) is 5.21. The van der Waals surface area contributed by atoms with E-state index < -0.39 is 0 Å². The van der Waals surface area contributed by atoms with Gasteiger partial charge in [0.2, 0.25) is 0 Å². The van der Waals surface area contributed by atoms with Gasteiger partial charge < -0.3 is 10.6 Å². The lowest BCUT2D eigenvalue weighted by Crippen LogP contribution is -2.13. The number of hydrogen-bond donors (Lipinski definition) is 2. The van der Waals surface area contributed by atoms with Gasteiger partial charge in [0.05, 0.1) is 11.6 Å². The first-order valence-electron chi connectivity index (χ1n) is 7.44. The minimum Gasteiger partial charge on any atom is -0.355 e. The number of hydrogen-bond acceptors (Lipinski definition) is 4. The fraction of sp³-hybridized carbons (Fsp3) is 0. The molecule has 2 aromatic carbocycles. The van der Waals surface area contributed by atoms with Gasteiger partial charge in [0.25, 0.3) is 5.91 Å². The van der Waals surface area contributed by atoms with Crippen LogP contribution in [-0.2, 0) is 0 Å². The Morgan fingerprint density at radius 1 is 1.00 bits per heavy atom. The van der Waals surface area contributed by atoms with Gasteiger partial charge in [-0.2, -0.15) is 5.26 Å². The number of benzene rings is 2. The van der Waals surface area contributed by atoms with E-state index in [1.807, 2.05) is 6.07 Å². The van der Waals surface area contributed by atoms with Crippen molar-refractivity contribution in [2.24, 2.45) is 0 Å². The molecule has 0 aliphatic heterocycles. The van der Waals surface area contributed by atoms with Crippen LogP contribution in [0.15, 0.2) is 66.9 Å². The number of anilines is 3. The van der Waals surface area contributed by atoms with Crippen LogP contribution in [0.3, 0.4) is 0 Å². The third-order valence-electron chi connectivity index (χ3n) is 3.38. The molecule has 122 valence electrons. The van der Waals surface area contributed by atoms with Crippen LogP contribution in [0.2, 0.25) is 5.02 Å². The Morgan fingerprint density at radius 2 is 1.76 bits per heavy atom. The molecule has 0 saturated carbocycles. The lowest BCUT2D eigenvalue weighted by molar-refractivity contribution is 0.102. The zero-order valence-corrected chi connectivity index (χ0v) is 13.8. The van der Waals surface area contributed by atoms with Gasteiger partial charge in [-0.15, -0.1) is 0 Å². The molecule has 0 spiro atoms. The van der Waals surface area contributed by atoms with E-state index in [1.165, 1.54) is 0 Å². The second-order valence-corrected chi connectivity index (χ2v) is 5.64. The van der Waals surface area contributed by atoms with Crippen molar-refractivity contribution in [1.29, 1.82) is 5.26 Å². The molecular formula is C19H13ClN4O. The number of aromatic nitrogens is 1. The highest BCUT2D eigenvalue weighted by Gasteiger charge is 2.09. The van der Waals surface area contributed by atoms with Crippen LogP contribution in [0.5, 0.6) is 0 Å². The quantitative estimate of drug-likeness (QED) is 0.722. The SMILES string of the molecule is N#Cc1cccc(Nc2ccnc(C(=O)Nc3ccc(Cl)cc3)c2)c1. The summed E-state index contributed by atoms with van der Waals surface area (Å²) in [5.74, 6) is -0.322. The molecule has 3 aromatic rings. The molecule has 0 saturated heterocycles. The molecular weight excluding hydrogens is 336 g/mol. The fourth-order valence-electron chi connectivity index (χ4n) is 2.19. The van der Waals surface area contributed by atoms with Crippen molar-refractivity contribution in [2.75, 3.05) is 10.6 Å². The summed E-state index contributed by atoms with van der Waals surface area (Å²) in [6.45, 7) is 0. The highest BCUT2D eigenvalue weighted by Crippen LogP contribution is 2.19. The number of halogens is 1. The van der Waals surface area contributed by atoms with Crippen molar-refractivity contribution in [3.05, 3.63) is 83.1 Å². The maximum Gasteiger partial charge on any atom is 0.274 e. The molecule has 3 rings (SSSR count). The maximum absolute atomic E-state index is 12.3. The zero-order valence-electron chi connectivity index (χ0n) is 13.0. The number of carbonyl (C=O) groups excluding carboxylic acids is 1. The van der Waals surface area contributed by atoms with Gasteiger partial charge in [-0.3, -0.25) is 9.78 Å². The van der Waals surface area contributed by atoms with Gasteiger partial charge >= 0.3 is 0 Å². The van der Waals surface area contributed by atoms with Gasteiger partial charge in [0, 0.05) is 28.3 Å². The molecule has 5 nitrogen and oxygen atoms in total. The third kappa shape index (κ3) is 4.34. The summed E-state index contributed by atoms with van der Waals surface area (Å²) in [6, 6.07) is 19.4. The summed E-state index contributed by atoms with van der Waals surface area (Å²) < 4.78 is 0. The van der Waals surface area contributed by atoms with E-state index in [0.29, 0.717) is 22.0 Å². The summed E-state index contributed by atoms with van der Waals surface area (Å²) in [6.07, 6.45) is 1.55. The molecule has 0 atom stereocenters. The molecule has 0 fully saturated rings. The maximum atomic E-state index is 12.3. The van der Waals surface area contributed by atoms with E-state index in [-0.39, 0.29) is 11.6 Å². The lowest BCUT2D eigenvalue weighted by atomic mass is 10.2. The average molecular weight is 349 g/mol. The zero-order chi connectivity index (χ0) is 17.6. The first-order valence-corrected chi connectivity index (χ1v) is 7.82. The molecule has 6 heteroatoms. The minimum atomic E-state index is -0.322. The molecule has 1 heterocycles. The molecule has 0 aliphatic rings. The lowest BCUT2D eigenvalue weighted by Gasteiger charge is -2.09. The van der Waals surface area contributed by atoms with Gasteiger partial charge in [-0.25, -0.2) is 0 Å². The van der Waals surface area contributed by atoms with Gasteiger partial charge in [-0.1, -0.05) is 17.7 Å². The Morgan fingerprint density at radius 3 is 2.52 bits per heavy atom. The van der Waals surface area contributed by atoms with E-state index in [1.54, 1.807) is 60.8 Å². The molecule has 0 aliphatic carbocycles. The Kier molecular flexibility index (Phi) is 4.93. The van der Waals surface area contributed by atoms with Crippen molar-refractivity contribution in [3.8, 4) is 6.07 Å². The Hall–Kier alpha value is -3.36. The van der Waals surface area contributed by atoms with Crippen molar-refractivity contribution in [2.45, 2.75) is 0 Å². The van der Waals surface area contributed by atoms with Crippen LogP contribution in [0.25, 0.3) is 0 Å². The minimum absolute atomic E-state index is 0.274. The number of nitrogens with one attached hydrogen (secondary N) is 2. The van der Waals surface area contributed by atoms with Crippen LogP contribution in [0.4, 0.5) is 17.1 Å². The summed E-state index contributed by atoms with van der Waals surface area (Å²) >= 11 is 5.83. The first kappa shape index (κ1) is 16.5. The van der Waals surface area contributed by atoms with Gasteiger partial charge in [-0.05, 0) is 54.6 Å². The van der Waals surface area contributed by atoms with E-state index in [4.69, 9.17) is 16.9 Å². The Labute approximate surface area is 149 Å². The van der Waals surface area contributed by atoms with E-state index in [0.717, 1.165) is 5.69 Å². The van der Waals surface area contributed by atoms with Crippen LogP contribution in [-0.4, -0.2) is 10.9 Å². The monoisotopic (exact) mass is 348 g/mol. The van der Waals surface area contributed by atoms with Gasteiger partial charge in [0.1, 0.15) is 5.69 Å². The summed E-state index contributed by atoms with van der Waals surface area (Å²) in [7, 11) is 0. The molecule has 0 unspecified atom stereocenters. The molecule has 0 bridgehead atoms. The number of pyridine rings is 1. The number of carbonyl (C=O) groups is 1. The van der Waals surface area contributed by atoms with E-state index >= 15 is 0 Å². The van der Waals surface area contributed by atoms with E-state index in [2.05, 4.69) is 21.7 Å². The van der Waals surface area contributed by atoms with Crippen LogP contribution in [0, 0.1) is 11.3 Å². The number of nitrogens with zero attached hydrogens (tertiary/aromatic N) is 2. The van der Waals surface area contributed by atoms with Crippen molar-refractivity contribution >= 4 is 34.6 Å². The van der Waals surface area contributed by atoms with Crippen molar-refractivity contribution in [1.82, 2.24) is 4.98 Å². The average Bonchev–Trinajstić information content (AvgIpc) is 2.64. The van der Waals surface area contributed by atoms with Crippen LogP contribution >= 0.6 is 11.6 Å². The highest BCUT2D eigenvalue weighted by atomic mass is 35.5. The largest absolute Gasteiger partial charge is 0.355 e.